The first-order valence-corrected chi connectivity index (χ1v) is 8.82. The highest BCUT2D eigenvalue weighted by Crippen LogP contribution is 2.28. The summed E-state index contributed by atoms with van der Waals surface area (Å²) in [7, 11) is 3.12. The number of amides is 1. The van der Waals surface area contributed by atoms with Crippen molar-refractivity contribution in [3.63, 3.8) is 0 Å². The van der Waals surface area contributed by atoms with E-state index in [0.29, 0.717) is 22.9 Å². The van der Waals surface area contributed by atoms with Crippen LogP contribution in [-0.2, 0) is 4.79 Å². The van der Waals surface area contributed by atoms with Gasteiger partial charge in [-0.1, -0.05) is 18.2 Å². The molecule has 3 aromatic carbocycles. The number of ether oxygens (including phenoxy) is 3. The fourth-order valence-electron chi connectivity index (χ4n) is 3.15. The van der Waals surface area contributed by atoms with Crippen molar-refractivity contribution in [3.8, 4) is 17.2 Å². The summed E-state index contributed by atoms with van der Waals surface area (Å²) in [6, 6.07) is 19.0. The Hall–Kier alpha value is -3.67. The molecular formula is C22H20N2O4. The standard InChI is InChI=1S/C22H20N2O4/c1-26-16-9-14(10-17(11-16)27-2)23-22(25)13-28-15-7-8-19-18-5-3-4-6-20(18)24-21(19)12-15/h3-12,24H,13H2,1-2H3,(H,23,25). The summed E-state index contributed by atoms with van der Waals surface area (Å²) in [4.78, 5) is 15.6. The van der Waals surface area contributed by atoms with Crippen LogP contribution in [0, 0.1) is 0 Å². The summed E-state index contributed by atoms with van der Waals surface area (Å²) in [5.41, 5.74) is 2.62. The molecular weight excluding hydrogens is 356 g/mol. The van der Waals surface area contributed by atoms with Crippen molar-refractivity contribution >= 4 is 33.4 Å². The number of anilines is 1. The van der Waals surface area contributed by atoms with Crippen molar-refractivity contribution in [3.05, 3.63) is 60.7 Å². The average Bonchev–Trinajstić information content (AvgIpc) is 3.09. The van der Waals surface area contributed by atoms with Crippen LogP contribution in [0.5, 0.6) is 17.2 Å². The monoisotopic (exact) mass is 376 g/mol. The van der Waals surface area contributed by atoms with Crippen LogP contribution in [0.1, 0.15) is 0 Å². The number of aromatic nitrogens is 1. The average molecular weight is 376 g/mol. The summed E-state index contributed by atoms with van der Waals surface area (Å²) < 4.78 is 16.1. The zero-order valence-corrected chi connectivity index (χ0v) is 15.6. The van der Waals surface area contributed by atoms with Crippen LogP contribution in [0.25, 0.3) is 21.8 Å². The van der Waals surface area contributed by atoms with Gasteiger partial charge < -0.3 is 24.5 Å². The summed E-state index contributed by atoms with van der Waals surface area (Å²) >= 11 is 0. The van der Waals surface area contributed by atoms with Gasteiger partial charge >= 0.3 is 0 Å². The minimum atomic E-state index is -0.271. The Bertz CT molecular complexity index is 1130. The van der Waals surface area contributed by atoms with Crippen LogP contribution in [0.3, 0.4) is 0 Å². The highest BCUT2D eigenvalue weighted by Gasteiger charge is 2.09. The van der Waals surface area contributed by atoms with Crippen LogP contribution in [-0.4, -0.2) is 31.7 Å². The molecule has 1 amide bonds. The summed E-state index contributed by atoms with van der Waals surface area (Å²) in [6.45, 7) is -0.106. The number of hydrogen-bond donors (Lipinski definition) is 2. The molecule has 0 unspecified atom stereocenters. The molecule has 1 heterocycles. The van der Waals surface area contributed by atoms with Crippen LogP contribution in [0.2, 0.25) is 0 Å². The van der Waals surface area contributed by atoms with E-state index in [9.17, 15) is 4.79 Å². The topological polar surface area (TPSA) is 72.6 Å². The molecule has 142 valence electrons. The van der Waals surface area contributed by atoms with Gasteiger partial charge in [0.1, 0.15) is 17.2 Å². The third-order valence-electron chi connectivity index (χ3n) is 4.48. The molecule has 4 rings (SSSR count). The minimum absolute atomic E-state index is 0.106. The smallest absolute Gasteiger partial charge is 0.262 e. The van der Waals surface area contributed by atoms with Gasteiger partial charge in [-0.3, -0.25) is 4.79 Å². The number of aromatic amines is 1. The number of rotatable bonds is 6. The van der Waals surface area contributed by atoms with E-state index in [-0.39, 0.29) is 12.5 Å². The van der Waals surface area contributed by atoms with Crippen molar-refractivity contribution in [1.29, 1.82) is 0 Å². The first kappa shape index (κ1) is 17.7. The first-order chi connectivity index (χ1) is 13.7. The van der Waals surface area contributed by atoms with Crippen molar-refractivity contribution in [2.75, 3.05) is 26.1 Å². The van der Waals surface area contributed by atoms with E-state index in [1.165, 1.54) is 0 Å². The second kappa shape index (κ2) is 7.52. The van der Waals surface area contributed by atoms with Gasteiger partial charge in [0.05, 0.1) is 19.7 Å². The van der Waals surface area contributed by atoms with E-state index in [0.717, 1.165) is 21.8 Å². The maximum absolute atomic E-state index is 12.3. The highest BCUT2D eigenvalue weighted by molar-refractivity contribution is 6.07. The fourth-order valence-corrected chi connectivity index (χ4v) is 3.15. The van der Waals surface area contributed by atoms with Gasteiger partial charge in [0, 0.05) is 46.2 Å². The molecule has 0 radical (unpaired) electrons. The largest absolute Gasteiger partial charge is 0.497 e. The molecule has 0 saturated heterocycles. The minimum Gasteiger partial charge on any atom is -0.497 e. The molecule has 28 heavy (non-hydrogen) atoms. The molecule has 6 heteroatoms. The van der Waals surface area contributed by atoms with E-state index < -0.39 is 0 Å². The molecule has 0 spiro atoms. The molecule has 2 N–H and O–H groups in total. The van der Waals surface area contributed by atoms with Crippen molar-refractivity contribution < 1.29 is 19.0 Å². The summed E-state index contributed by atoms with van der Waals surface area (Å²) in [6.07, 6.45) is 0. The second-order valence-electron chi connectivity index (χ2n) is 6.32. The lowest BCUT2D eigenvalue weighted by Gasteiger charge is -2.10. The van der Waals surface area contributed by atoms with Gasteiger partial charge in [0.25, 0.3) is 5.91 Å². The van der Waals surface area contributed by atoms with E-state index in [2.05, 4.69) is 16.4 Å². The molecule has 0 bridgehead atoms. The molecule has 0 atom stereocenters. The molecule has 0 aliphatic heterocycles. The third-order valence-corrected chi connectivity index (χ3v) is 4.48. The normalized spacial score (nSPS) is 10.8. The number of nitrogens with one attached hydrogen (secondary N) is 2. The molecule has 0 fully saturated rings. The number of carbonyl (C=O) groups excluding carboxylic acids is 1. The van der Waals surface area contributed by atoms with Crippen LogP contribution < -0.4 is 19.5 Å². The lowest BCUT2D eigenvalue weighted by atomic mass is 10.1. The molecule has 0 aliphatic carbocycles. The predicted molar refractivity (Wildman–Crippen MR) is 109 cm³/mol. The quantitative estimate of drug-likeness (QED) is 0.525. The number of carbonyl (C=O) groups is 1. The van der Waals surface area contributed by atoms with Crippen LogP contribution in [0.15, 0.2) is 60.7 Å². The van der Waals surface area contributed by atoms with Gasteiger partial charge in [0.15, 0.2) is 6.61 Å². The van der Waals surface area contributed by atoms with E-state index in [4.69, 9.17) is 14.2 Å². The van der Waals surface area contributed by atoms with Gasteiger partial charge in [-0.05, 0) is 18.2 Å². The molecule has 0 aliphatic rings. The lowest BCUT2D eigenvalue weighted by Crippen LogP contribution is -2.20. The number of fused-ring (bicyclic) bond motifs is 3. The maximum Gasteiger partial charge on any atom is 0.262 e. The Labute approximate surface area is 162 Å². The summed E-state index contributed by atoms with van der Waals surface area (Å²) in [5.74, 6) is 1.55. The zero-order chi connectivity index (χ0) is 19.5. The first-order valence-electron chi connectivity index (χ1n) is 8.82. The number of H-pyrrole nitrogens is 1. The molecule has 4 aromatic rings. The van der Waals surface area contributed by atoms with E-state index in [1.807, 2.05) is 36.4 Å². The van der Waals surface area contributed by atoms with Crippen molar-refractivity contribution in [1.82, 2.24) is 4.98 Å². The number of para-hydroxylation sites is 1. The van der Waals surface area contributed by atoms with Crippen LogP contribution >= 0.6 is 0 Å². The second-order valence-corrected chi connectivity index (χ2v) is 6.32. The van der Waals surface area contributed by atoms with Gasteiger partial charge in [-0.2, -0.15) is 0 Å². The van der Waals surface area contributed by atoms with Crippen molar-refractivity contribution in [2.45, 2.75) is 0 Å². The van der Waals surface area contributed by atoms with E-state index in [1.54, 1.807) is 32.4 Å². The Morgan fingerprint density at radius 2 is 1.57 bits per heavy atom. The molecule has 0 saturated carbocycles. The van der Waals surface area contributed by atoms with Gasteiger partial charge in [-0.15, -0.1) is 0 Å². The maximum atomic E-state index is 12.3. The number of benzene rings is 3. The SMILES string of the molecule is COc1cc(NC(=O)COc2ccc3c(c2)[nH]c2ccccc23)cc(OC)c1. The molecule has 1 aromatic heterocycles. The Morgan fingerprint density at radius 1 is 0.857 bits per heavy atom. The van der Waals surface area contributed by atoms with Gasteiger partial charge in [0.2, 0.25) is 0 Å². The van der Waals surface area contributed by atoms with E-state index >= 15 is 0 Å². The molecule has 6 nitrogen and oxygen atoms in total. The Balaban J connectivity index is 1.45. The Kier molecular flexibility index (Phi) is 4.76. The van der Waals surface area contributed by atoms with Gasteiger partial charge in [-0.25, -0.2) is 0 Å². The lowest BCUT2D eigenvalue weighted by molar-refractivity contribution is -0.118. The number of hydrogen-bond acceptors (Lipinski definition) is 4. The third kappa shape index (κ3) is 3.57. The fraction of sp³-hybridized carbons (Fsp3) is 0.136. The number of methoxy groups -OCH3 is 2. The predicted octanol–water partition coefficient (Wildman–Crippen LogP) is 4.36. The van der Waals surface area contributed by atoms with Crippen molar-refractivity contribution in [2.24, 2.45) is 0 Å². The summed E-state index contributed by atoms with van der Waals surface area (Å²) in [5, 5.41) is 5.07. The highest BCUT2D eigenvalue weighted by atomic mass is 16.5. The zero-order valence-electron chi connectivity index (χ0n) is 15.6. The van der Waals surface area contributed by atoms with Crippen LogP contribution in [0.4, 0.5) is 5.69 Å². The Morgan fingerprint density at radius 3 is 2.32 bits per heavy atom.